The van der Waals surface area contributed by atoms with Crippen LogP contribution in [0.5, 0.6) is 11.6 Å². The van der Waals surface area contributed by atoms with Gasteiger partial charge in [-0.3, -0.25) is 14.4 Å². The molecule has 1 saturated heterocycles. The van der Waals surface area contributed by atoms with Gasteiger partial charge in [0.05, 0.1) is 43.5 Å². The minimum atomic E-state index is -4.44. The number of aryl methyl sites for hydroxylation is 1. The van der Waals surface area contributed by atoms with Crippen LogP contribution in [-0.2, 0) is 17.0 Å². The number of amides is 1. The number of carbonyl (C=O) groups excluding carboxylic acids is 1. The van der Waals surface area contributed by atoms with Crippen molar-refractivity contribution in [3.05, 3.63) is 47.5 Å². The summed E-state index contributed by atoms with van der Waals surface area (Å²) in [5, 5.41) is 3.82. The molecule has 3 aromatic heterocycles. The van der Waals surface area contributed by atoms with Gasteiger partial charge in [0.2, 0.25) is 0 Å². The zero-order chi connectivity index (χ0) is 25.7. The SMILES string of the molecule is CCOc1ncc(-c2cc(C)c3c(n2)C2(CCCO2)N(c2cnn(CC(F)(F)F)c2)C3=O)cc1OC. The Hall–Kier alpha value is -3.67. The van der Waals surface area contributed by atoms with Crippen LogP contribution in [0.15, 0.2) is 30.7 Å². The number of pyridine rings is 2. The summed E-state index contributed by atoms with van der Waals surface area (Å²) in [6.07, 6.45) is 0.719. The highest BCUT2D eigenvalue weighted by Gasteiger charge is 2.56. The number of carbonyl (C=O) groups is 1. The number of aromatic nitrogens is 4. The normalized spacial score (nSPS) is 19.3. The van der Waals surface area contributed by atoms with Gasteiger partial charge in [-0.1, -0.05) is 0 Å². The largest absolute Gasteiger partial charge is 0.491 e. The van der Waals surface area contributed by atoms with Crippen LogP contribution in [0.2, 0.25) is 0 Å². The predicted octanol–water partition coefficient (Wildman–Crippen LogP) is 4.24. The van der Waals surface area contributed by atoms with Gasteiger partial charge in [0.15, 0.2) is 11.5 Å². The van der Waals surface area contributed by atoms with E-state index in [4.69, 9.17) is 19.2 Å². The monoisotopic (exact) mass is 503 g/mol. The summed E-state index contributed by atoms with van der Waals surface area (Å²) in [5.74, 6) is 0.405. The van der Waals surface area contributed by atoms with Crippen molar-refractivity contribution >= 4 is 11.6 Å². The number of nitrogens with zero attached hydrogens (tertiary/aromatic N) is 5. The van der Waals surface area contributed by atoms with Gasteiger partial charge in [0.1, 0.15) is 12.2 Å². The molecule has 0 saturated carbocycles. The molecule has 0 aromatic carbocycles. The summed E-state index contributed by atoms with van der Waals surface area (Å²) >= 11 is 0. The molecule has 36 heavy (non-hydrogen) atoms. The molecule has 2 aliphatic heterocycles. The van der Waals surface area contributed by atoms with E-state index in [1.165, 1.54) is 24.4 Å². The maximum atomic E-state index is 13.6. The fourth-order valence-corrected chi connectivity index (χ4v) is 4.77. The van der Waals surface area contributed by atoms with Crippen LogP contribution in [-0.4, -0.2) is 52.2 Å². The fourth-order valence-electron chi connectivity index (χ4n) is 4.77. The van der Waals surface area contributed by atoms with E-state index >= 15 is 0 Å². The summed E-state index contributed by atoms with van der Waals surface area (Å²) in [7, 11) is 1.52. The van der Waals surface area contributed by atoms with E-state index in [9.17, 15) is 18.0 Å². The first-order valence-corrected chi connectivity index (χ1v) is 11.4. The molecule has 2 aliphatic rings. The molecule has 9 nitrogen and oxygen atoms in total. The summed E-state index contributed by atoms with van der Waals surface area (Å²) in [5.41, 5.74) is 1.65. The van der Waals surface area contributed by atoms with Crippen molar-refractivity contribution in [3.8, 4) is 22.9 Å². The number of fused-ring (bicyclic) bond motifs is 2. The van der Waals surface area contributed by atoms with Crippen molar-refractivity contribution in [1.82, 2.24) is 19.7 Å². The third kappa shape index (κ3) is 3.94. The first kappa shape index (κ1) is 24.0. The molecule has 12 heteroatoms. The Morgan fingerprint density at radius 1 is 1.25 bits per heavy atom. The molecule has 3 aromatic rings. The molecule has 1 unspecified atom stereocenters. The van der Waals surface area contributed by atoms with Crippen molar-refractivity contribution in [3.63, 3.8) is 0 Å². The van der Waals surface area contributed by atoms with E-state index in [-0.39, 0.29) is 5.69 Å². The number of rotatable bonds is 6. The lowest BCUT2D eigenvalue weighted by Crippen LogP contribution is -2.43. The Bertz CT molecular complexity index is 1320. The number of anilines is 1. The van der Waals surface area contributed by atoms with Crippen LogP contribution < -0.4 is 14.4 Å². The van der Waals surface area contributed by atoms with Gasteiger partial charge in [-0.05, 0) is 38.0 Å². The van der Waals surface area contributed by atoms with Gasteiger partial charge in [-0.15, -0.1) is 0 Å². The van der Waals surface area contributed by atoms with Crippen molar-refractivity contribution in [2.75, 3.05) is 25.2 Å². The molecule has 5 rings (SSSR count). The molecule has 0 N–H and O–H groups in total. The van der Waals surface area contributed by atoms with Gasteiger partial charge in [0.25, 0.3) is 11.8 Å². The van der Waals surface area contributed by atoms with Gasteiger partial charge in [-0.2, -0.15) is 18.3 Å². The van der Waals surface area contributed by atoms with Crippen LogP contribution in [0, 0.1) is 6.92 Å². The number of methoxy groups -OCH3 is 1. The molecule has 1 amide bonds. The first-order valence-electron chi connectivity index (χ1n) is 11.4. The lowest BCUT2D eigenvalue weighted by molar-refractivity contribution is -0.142. The highest BCUT2D eigenvalue weighted by molar-refractivity contribution is 6.12. The molecule has 1 atom stereocenters. The molecular weight excluding hydrogens is 479 g/mol. The molecular formula is C24H24F3N5O4. The second-order valence-corrected chi connectivity index (χ2v) is 8.60. The Labute approximate surface area is 204 Å². The average molecular weight is 503 g/mol. The summed E-state index contributed by atoms with van der Waals surface area (Å²) in [4.78, 5) is 24.2. The first-order chi connectivity index (χ1) is 17.2. The standard InChI is InChI=1S/C24H24F3N5O4/c1-4-35-21-18(34-3)9-15(10-28-21)17-8-14(2)19-20(30-17)23(6-5-7-36-23)32(22(19)33)16-11-29-31(12-16)13-24(25,26)27/h8-12H,4-7,13H2,1-3H3. The van der Waals surface area contributed by atoms with Crippen LogP contribution in [0.1, 0.15) is 41.4 Å². The lowest BCUT2D eigenvalue weighted by Gasteiger charge is -2.33. The van der Waals surface area contributed by atoms with Crippen molar-refractivity contribution in [1.29, 1.82) is 0 Å². The molecule has 190 valence electrons. The molecule has 1 fully saturated rings. The van der Waals surface area contributed by atoms with E-state index in [1.807, 2.05) is 6.92 Å². The molecule has 0 radical (unpaired) electrons. The van der Waals surface area contributed by atoms with Crippen LogP contribution >= 0.6 is 0 Å². The number of hydrogen-bond donors (Lipinski definition) is 0. The highest BCUT2D eigenvalue weighted by atomic mass is 19.4. The Morgan fingerprint density at radius 3 is 2.72 bits per heavy atom. The molecule has 0 aliphatic carbocycles. The van der Waals surface area contributed by atoms with Crippen LogP contribution in [0.4, 0.5) is 18.9 Å². The fraction of sp³-hybridized carbons (Fsp3) is 0.417. The third-order valence-corrected chi connectivity index (χ3v) is 6.20. The predicted molar refractivity (Wildman–Crippen MR) is 122 cm³/mol. The lowest BCUT2D eigenvalue weighted by atomic mass is 9.99. The average Bonchev–Trinajstić information content (AvgIpc) is 3.53. The Morgan fingerprint density at radius 2 is 2.06 bits per heavy atom. The number of ether oxygens (including phenoxy) is 3. The zero-order valence-electron chi connectivity index (χ0n) is 19.9. The van der Waals surface area contributed by atoms with E-state index in [0.717, 1.165) is 4.68 Å². The second kappa shape index (κ2) is 8.77. The van der Waals surface area contributed by atoms with Gasteiger partial charge < -0.3 is 14.2 Å². The summed E-state index contributed by atoms with van der Waals surface area (Å²) in [6.45, 7) is 3.18. The maximum Gasteiger partial charge on any atom is 0.408 e. The molecule has 1 spiro atoms. The van der Waals surface area contributed by atoms with E-state index < -0.39 is 24.4 Å². The molecule has 5 heterocycles. The minimum Gasteiger partial charge on any atom is -0.491 e. The van der Waals surface area contributed by atoms with Gasteiger partial charge in [0, 0.05) is 24.4 Å². The zero-order valence-corrected chi connectivity index (χ0v) is 19.9. The van der Waals surface area contributed by atoms with E-state index in [2.05, 4.69) is 10.1 Å². The van der Waals surface area contributed by atoms with Crippen molar-refractivity contribution in [2.45, 2.75) is 45.1 Å². The number of hydrogen-bond acceptors (Lipinski definition) is 7. The Balaban J connectivity index is 1.60. The third-order valence-electron chi connectivity index (χ3n) is 6.20. The van der Waals surface area contributed by atoms with E-state index in [0.29, 0.717) is 65.8 Å². The van der Waals surface area contributed by atoms with Crippen molar-refractivity contribution in [2.24, 2.45) is 0 Å². The van der Waals surface area contributed by atoms with Gasteiger partial charge >= 0.3 is 6.18 Å². The maximum absolute atomic E-state index is 13.6. The number of halogens is 3. The van der Waals surface area contributed by atoms with Crippen LogP contribution in [0.25, 0.3) is 11.3 Å². The smallest absolute Gasteiger partial charge is 0.408 e. The number of alkyl halides is 3. The van der Waals surface area contributed by atoms with Crippen LogP contribution in [0.3, 0.4) is 0 Å². The molecule has 0 bridgehead atoms. The van der Waals surface area contributed by atoms with Crippen molar-refractivity contribution < 1.29 is 32.2 Å². The topological polar surface area (TPSA) is 91.6 Å². The van der Waals surface area contributed by atoms with Gasteiger partial charge in [-0.25, -0.2) is 9.97 Å². The summed E-state index contributed by atoms with van der Waals surface area (Å²) in [6, 6.07) is 3.52. The van der Waals surface area contributed by atoms with E-state index in [1.54, 1.807) is 25.3 Å². The second-order valence-electron chi connectivity index (χ2n) is 8.60. The highest BCUT2D eigenvalue weighted by Crippen LogP contribution is 2.49. The summed E-state index contributed by atoms with van der Waals surface area (Å²) < 4.78 is 56.5. The minimum absolute atomic E-state index is 0.217. The quantitative estimate of drug-likeness (QED) is 0.497. The Kier molecular flexibility index (Phi) is 5.86.